The first kappa shape index (κ1) is 23.5. The van der Waals surface area contributed by atoms with E-state index in [1.54, 1.807) is 50.9 Å². The van der Waals surface area contributed by atoms with Crippen LogP contribution in [-0.4, -0.2) is 14.5 Å². The average molecular weight is 523 g/mol. The lowest BCUT2D eigenvalue weighted by atomic mass is 9.99. The van der Waals surface area contributed by atoms with Crippen LogP contribution in [0.15, 0.2) is 65.7 Å². The fourth-order valence-corrected chi connectivity index (χ4v) is 5.67. The molecule has 0 aliphatic heterocycles. The van der Waals surface area contributed by atoms with Gasteiger partial charge >= 0.3 is 5.56 Å². The van der Waals surface area contributed by atoms with Gasteiger partial charge in [0.2, 0.25) is 0 Å². The van der Waals surface area contributed by atoms with Crippen LogP contribution in [0.1, 0.15) is 21.0 Å². The molecule has 0 amide bonds. The van der Waals surface area contributed by atoms with Crippen LogP contribution in [0.5, 0.6) is 5.88 Å². The molecule has 8 heteroatoms. The van der Waals surface area contributed by atoms with Gasteiger partial charge in [0.1, 0.15) is 6.54 Å². The molecule has 0 saturated heterocycles. The van der Waals surface area contributed by atoms with E-state index in [0.29, 0.717) is 33.4 Å². The lowest BCUT2D eigenvalue weighted by molar-refractivity contribution is -0.671. The fourth-order valence-electron chi connectivity index (χ4n) is 4.33. The number of aromatic nitrogens is 3. The molecule has 5 rings (SSSR count). The molecule has 3 aromatic heterocycles. The summed E-state index contributed by atoms with van der Waals surface area (Å²) in [6, 6.07) is 14.8. The zero-order chi connectivity index (χ0) is 24.9. The number of fused-ring (bicyclic) bond motifs is 1. The number of hydrogen-bond acceptors (Lipinski definition) is 4. The van der Waals surface area contributed by atoms with E-state index in [1.807, 2.05) is 51.1 Å². The van der Waals surface area contributed by atoms with Crippen LogP contribution in [0.2, 0.25) is 10.0 Å². The number of halogens is 2. The normalized spacial score (nSPS) is 11.3. The van der Waals surface area contributed by atoms with E-state index in [1.165, 1.54) is 0 Å². The Hall–Kier alpha value is -3.19. The van der Waals surface area contributed by atoms with Gasteiger partial charge in [-0.3, -0.25) is 0 Å². The first-order valence-corrected chi connectivity index (χ1v) is 12.6. The second-order valence-corrected chi connectivity index (χ2v) is 10.6. The van der Waals surface area contributed by atoms with E-state index < -0.39 is 0 Å². The third-order valence-corrected chi connectivity index (χ3v) is 7.52. The molecule has 0 aliphatic carbocycles. The molecule has 0 bridgehead atoms. The smallest absolute Gasteiger partial charge is 0.354 e. The van der Waals surface area contributed by atoms with E-state index in [9.17, 15) is 9.90 Å². The maximum absolute atomic E-state index is 13.7. The number of pyridine rings is 1. The van der Waals surface area contributed by atoms with E-state index >= 15 is 0 Å². The van der Waals surface area contributed by atoms with Crippen molar-refractivity contribution in [2.75, 3.05) is 0 Å². The quantitative estimate of drug-likeness (QED) is 0.279. The molecule has 2 aromatic carbocycles. The molecule has 176 valence electrons. The van der Waals surface area contributed by atoms with Crippen molar-refractivity contribution >= 4 is 40.2 Å². The lowest BCUT2D eigenvalue weighted by Gasteiger charge is -2.13. The van der Waals surface area contributed by atoms with Gasteiger partial charge in [-0.25, -0.2) is 9.78 Å². The van der Waals surface area contributed by atoms with Gasteiger partial charge in [0.25, 0.3) is 11.5 Å². The molecule has 0 fully saturated rings. The first-order chi connectivity index (χ1) is 16.7. The summed E-state index contributed by atoms with van der Waals surface area (Å²) in [6.45, 7) is 6.20. The van der Waals surface area contributed by atoms with Crippen LogP contribution >= 0.6 is 34.5 Å². The molecule has 3 heterocycles. The Morgan fingerprint density at radius 1 is 1.03 bits per heavy atom. The second-order valence-electron chi connectivity index (χ2n) is 8.50. The van der Waals surface area contributed by atoms with Gasteiger partial charge in [-0.2, -0.15) is 8.97 Å². The number of thiazole rings is 1. The van der Waals surface area contributed by atoms with Crippen molar-refractivity contribution in [3.8, 4) is 28.1 Å². The largest absolute Gasteiger partial charge is 0.477 e. The number of hydrogen-bond donors (Lipinski definition) is 1. The van der Waals surface area contributed by atoms with Crippen molar-refractivity contribution in [1.82, 2.24) is 9.38 Å². The zero-order valence-electron chi connectivity index (χ0n) is 19.3. The van der Waals surface area contributed by atoms with E-state index in [0.717, 1.165) is 26.6 Å². The summed E-state index contributed by atoms with van der Waals surface area (Å²) in [5.41, 5.74) is 4.40. The Balaban J connectivity index is 1.78. The molecule has 0 saturated carbocycles. The van der Waals surface area contributed by atoms with Gasteiger partial charge in [0, 0.05) is 32.9 Å². The average Bonchev–Trinajstić information content (AvgIpc) is 3.23. The highest BCUT2D eigenvalue weighted by molar-refractivity contribution is 7.11. The molecule has 5 aromatic rings. The van der Waals surface area contributed by atoms with Crippen LogP contribution in [-0.2, 0) is 6.54 Å². The Morgan fingerprint density at radius 2 is 1.83 bits per heavy atom. The van der Waals surface area contributed by atoms with Crippen molar-refractivity contribution in [1.29, 1.82) is 0 Å². The van der Waals surface area contributed by atoms with Crippen LogP contribution in [0.25, 0.3) is 27.9 Å². The molecule has 1 N–H and O–H groups in total. The summed E-state index contributed by atoms with van der Waals surface area (Å²) < 4.78 is 3.33. The van der Waals surface area contributed by atoms with Crippen molar-refractivity contribution in [3.05, 3.63) is 102 Å². The predicted molar refractivity (Wildman–Crippen MR) is 142 cm³/mol. The summed E-state index contributed by atoms with van der Waals surface area (Å²) in [5, 5.41) is 13.5. The Bertz CT molecular complexity index is 1670. The van der Waals surface area contributed by atoms with E-state index in [-0.39, 0.29) is 17.0 Å². The minimum absolute atomic E-state index is 0.112. The molecule has 0 radical (unpaired) electrons. The van der Waals surface area contributed by atoms with Gasteiger partial charge < -0.3 is 5.11 Å². The van der Waals surface area contributed by atoms with Crippen LogP contribution in [0.3, 0.4) is 0 Å². The molecule has 0 atom stereocenters. The van der Waals surface area contributed by atoms with Gasteiger partial charge in [-0.15, -0.1) is 11.3 Å². The second kappa shape index (κ2) is 9.11. The van der Waals surface area contributed by atoms with E-state index in [4.69, 9.17) is 23.2 Å². The SMILES string of the molecule is Cc1ccc(-c2cc(-c3c(O)[n+](Cc4cnc(C)s4)c4c(C)cccn4c3=O)ccc2Cl)c(Cl)c1. The van der Waals surface area contributed by atoms with Crippen molar-refractivity contribution in [3.63, 3.8) is 0 Å². The van der Waals surface area contributed by atoms with E-state index in [2.05, 4.69) is 4.98 Å². The van der Waals surface area contributed by atoms with Crippen molar-refractivity contribution in [2.24, 2.45) is 0 Å². The minimum atomic E-state index is -0.318. The number of aromatic hydroxyl groups is 1. The molecule has 35 heavy (non-hydrogen) atoms. The minimum Gasteiger partial charge on any atom is -0.477 e. The molecule has 0 aliphatic rings. The molecular weight excluding hydrogens is 501 g/mol. The Kier molecular flexibility index (Phi) is 6.13. The highest BCUT2D eigenvalue weighted by atomic mass is 35.5. The number of benzene rings is 2. The van der Waals surface area contributed by atoms with Crippen molar-refractivity contribution in [2.45, 2.75) is 27.3 Å². The van der Waals surface area contributed by atoms with Crippen LogP contribution in [0, 0.1) is 20.8 Å². The standard InChI is InChI=1S/C27H21Cl2N3O2S/c1-15-6-8-20(23(29)11-15)21-12-18(7-9-22(21)28)24-26(33)31-10-4-5-16(2)25(31)32(27(24)34)14-19-13-30-17(3)35-19/h4-13H,14H2,1-3H3/p+1. The maximum atomic E-state index is 13.7. The Labute approximate surface area is 216 Å². The third-order valence-electron chi connectivity index (χ3n) is 5.98. The Morgan fingerprint density at radius 3 is 2.54 bits per heavy atom. The summed E-state index contributed by atoms with van der Waals surface area (Å²) >= 11 is 14.6. The monoisotopic (exact) mass is 522 g/mol. The summed E-state index contributed by atoms with van der Waals surface area (Å²) in [5.74, 6) is -0.112. The number of aryl methyl sites for hydroxylation is 3. The summed E-state index contributed by atoms with van der Waals surface area (Å²) in [7, 11) is 0. The van der Waals surface area contributed by atoms with Gasteiger partial charge in [0.15, 0.2) is 5.56 Å². The fraction of sp³-hybridized carbons (Fsp3) is 0.148. The highest BCUT2D eigenvalue weighted by Gasteiger charge is 2.27. The highest BCUT2D eigenvalue weighted by Crippen LogP contribution is 2.37. The molecule has 0 unspecified atom stereocenters. The van der Waals surface area contributed by atoms with Crippen molar-refractivity contribution < 1.29 is 9.67 Å². The molecular formula is C27H22Cl2N3O2S+. The zero-order valence-corrected chi connectivity index (χ0v) is 21.7. The number of rotatable bonds is 4. The number of nitrogens with zero attached hydrogens (tertiary/aromatic N) is 3. The topological polar surface area (TPSA) is 58.5 Å². The third kappa shape index (κ3) is 4.22. The maximum Gasteiger partial charge on any atom is 0.354 e. The molecule has 0 spiro atoms. The van der Waals surface area contributed by atoms with Crippen LogP contribution < -0.4 is 10.1 Å². The molecule has 5 nitrogen and oxygen atoms in total. The summed E-state index contributed by atoms with van der Waals surface area (Å²) in [4.78, 5) is 19.0. The van der Waals surface area contributed by atoms with Gasteiger partial charge in [-0.1, -0.05) is 41.4 Å². The lowest BCUT2D eigenvalue weighted by Crippen LogP contribution is -2.41. The summed E-state index contributed by atoms with van der Waals surface area (Å²) in [6.07, 6.45) is 3.52. The van der Waals surface area contributed by atoms with Crippen LogP contribution in [0.4, 0.5) is 0 Å². The first-order valence-electron chi connectivity index (χ1n) is 11.0. The predicted octanol–water partition coefficient (Wildman–Crippen LogP) is 6.36. The van der Waals surface area contributed by atoms with Gasteiger partial charge in [0.05, 0.1) is 16.1 Å². The van der Waals surface area contributed by atoms with Gasteiger partial charge in [-0.05, 0) is 62.2 Å².